The van der Waals surface area contributed by atoms with Gasteiger partial charge in [0.1, 0.15) is 5.75 Å². The molecule has 0 aromatic heterocycles. The molecule has 1 saturated heterocycles. The summed E-state index contributed by atoms with van der Waals surface area (Å²) in [6.07, 6.45) is 3.75. The van der Waals surface area contributed by atoms with E-state index < -0.39 is 0 Å². The zero-order valence-corrected chi connectivity index (χ0v) is 11.6. The Morgan fingerprint density at radius 3 is 2.80 bits per heavy atom. The average Bonchev–Trinajstić information content (AvgIpc) is 2.47. The van der Waals surface area contributed by atoms with E-state index in [1.54, 1.807) is 24.3 Å². The van der Waals surface area contributed by atoms with E-state index in [0.717, 1.165) is 25.8 Å². The van der Waals surface area contributed by atoms with Gasteiger partial charge in [-0.2, -0.15) is 0 Å². The molecule has 5 nitrogen and oxygen atoms in total. The van der Waals surface area contributed by atoms with Gasteiger partial charge in [-0.15, -0.1) is 0 Å². The fourth-order valence-corrected chi connectivity index (χ4v) is 2.57. The van der Waals surface area contributed by atoms with Gasteiger partial charge in [-0.3, -0.25) is 4.79 Å². The SMILES string of the molecule is Nc1ccc(OCC(=O)N2CCCCC2CCO)cc1. The number of hydrogen-bond donors (Lipinski definition) is 2. The number of nitrogens with two attached hydrogens (primary N) is 1. The van der Waals surface area contributed by atoms with Crippen LogP contribution >= 0.6 is 0 Å². The molecule has 5 heteroatoms. The minimum Gasteiger partial charge on any atom is -0.484 e. The second-order valence-electron chi connectivity index (χ2n) is 5.11. The van der Waals surface area contributed by atoms with Crippen molar-refractivity contribution in [3.05, 3.63) is 24.3 Å². The number of hydrogen-bond acceptors (Lipinski definition) is 4. The first-order valence-electron chi connectivity index (χ1n) is 7.09. The van der Waals surface area contributed by atoms with Crippen LogP contribution in [0.15, 0.2) is 24.3 Å². The van der Waals surface area contributed by atoms with Crippen molar-refractivity contribution < 1.29 is 14.6 Å². The standard InChI is InChI=1S/C15H22N2O3/c16-12-4-6-14(7-5-12)20-11-15(19)17-9-2-1-3-13(17)8-10-18/h4-7,13,18H,1-3,8-11,16H2. The lowest BCUT2D eigenvalue weighted by Gasteiger charge is -2.35. The molecule has 0 bridgehead atoms. The van der Waals surface area contributed by atoms with Crippen LogP contribution in [0.2, 0.25) is 0 Å². The summed E-state index contributed by atoms with van der Waals surface area (Å²) < 4.78 is 5.49. The summed E-state index contributed by atoms with van der Waals surface area (Å²) in [5, 5.41) is 9.07. The van der Waals surface area contributed by atoms with Crippen molar-refractivity contribution in [2.75, 3.05) is 25.5 Å². The number of likely N-dealkylation sites (tertiary alicyclic amines) is 1. The highest BCUT2D eigenvalue weighted by atomic mass is 16.5. The van der Waals surface area contributed by atoms with Gasteiger partial charge in [0.05, 0.1) is 0 Å². The lowest BCUT2D eigenvalue weighted by atomic mass is 9.99. The number of carbonyl (C=O) groups is 1. The summed E-state index contributed by atoms with van der Waals surface area (Å²) in [6.45, 7) is 0.910. The van der Waals surface area contributed by atoms with Gasteiger partial charge < -0.3 is 20.5 Å². The minimum atomic E-state index is -0.0139. The van der Waals surface area contributed by atoms with Crippen LogP contribution in [-0.2, 0) is 4.79 Å². The van der Waals surface area contributed by atoms with Gasteiger partial charge in [0.2, 0.25) is 0 Å². The Morgan fingerprint density at radius 2 is 2.10 bits per heavy atom. The fraction of sp³-hybridized carbons (Fsp3) is 0.533. The molecule has 3 N–H and O–H groups in total. The lowest BCUT2D eigenvalue weighted by Crippen LogP contribution is -2.46. The molecule has 1 aromatic carbocycles. The van der Waals surface area contributed by atoms with Gasteiger partial charge in [-0.1, -0.05) is 0 Å². The summed E-state index contributed by atoms with van der Waals surface area (Å²) in [7, 11) is 0. The number of carbonyl (C=O) groups excluding carboxylic acids is 1. The molecule has 0 aliphatic carbocycles. The maximum atomic E-state index is 12.2. The summed E-state index contributed by atoms with van der Waals surface area (Å²) in [5.41, 5.74) is 6.27. The van der Waals surface area contributed by atoms with Gasteiger partial charge in [-0.25, -0.2) is 0 Å². The fourth-order valence-electron chi connectivity index (χ4n) is 2.57. The van der Waals surface area contributed by atoms with E-state index in [4.69, 9.17) is 15.6 Å². The average molecular weight is 278 g/mol. The lowest BCUT2D eigenvalue weighted by molar-refractivity contribution is -0.137. The molecule has 1 aromatic rings. The second-order valence-corrected chi connectivity index (χ2v) is 5.11. The van der Waals surface area contributed by atoms with Crippen LogP contribution in [0.5, 0.6) is 5.75 Å². The van der Waals surface area contributed by atoms with E-state index in [0.29, 0.717) is 17.9 Å². The molecule has 2 rings (SSSR count). The molecule has 1 amide bonds. The number of piperidine rings is 1. The molecular weight excluding hydrogens is 256 g/mol. The van der Waals surface area contributed by atoms with Gasteiger partial charge in [0.25, 0.3) is 5.91 Å². The van der Waals surface area contributed by atoms with Crippen molar-refractivity contribution in [3.8, 4) is 5.75 Å². The predicted molar refractivity (Wildman–Crippen MR) is 77.4 cm³/mol. The normalized spacial score (nSPS) is 18.9. The largest absolute Gasteiger partial charge is 0.484 e. The first-order valence-corrected chi connectivity index (χ1v) is 7.09. The molecule has 110 valence electrons. The van der Waals surface area contributed by atoms with Crippen molar-refractivity contribution in [1.29, 1.82) is 0 Å². The Hall–Kier alpha value is -1.75. The smallest absolute Gasteiger partial charge is 0.260 e. The van der Waals surface area contributed by atoms with Crippen molar-refractivity contribution in [2.24, 2.45) is 0 Å². The van der Waals surface area contributed by atoms with Crippen molar-refractivity contribution in [2.45, 2.75) is 31.7 Å². The molecule has 1 fully saturated rings. The van der Waals surface area contributed by atoms with Gasteiger partial charge in [0, 0.05) is 24.9 Å². The number of anilines is 1. The van der Waals surface area contributed by atoms with Gasteiger partial charge in [-0.05, 0) is 49.9 Å². The summed E-state index contributed by atoms with van der Waals surface area (Å²) in [6, 6.07) is 7.15. The molecule has 20 heavy (non-hydrogen) atoms. The van der Waals surface area contributed by atoms with Crippen molar-refractivity contribution in [1.82, 2.24) is 4.90 Å². The molecule has 1 atom stereocenters. The third-order valence-electron chi connectivity index (χ3n) is 3.65. The highest BCUT2D eigenvalue weighted by molar-refractivity contribution is 5.78. The molecule has 0 saturated carbocycles. The number of rotatable bonds is 5. The summed E-state index contributed by atoms with van der Waals surface area (Å²) in [5.74, 6) is 0.628. The Labute approximate surface area is 119 Å². The van der Waals surface area contributed by atoms with E-state index >= 15 is 0 Å². The van der Waals surface area contributed by atoms with Gasteiger partial charge >= 0.3 is 0 Å². The summed E-state index contributed by atoms with van der Waals surface area (Å²) in [4.78, 5) is 14.1. The second kappa shape index (κ2) is 7.14. The van der Waals surface area contributed by atoms with Crippen LogP contribution in [0.3, 0.4) is 0 Å². The highest BCUT2D eigenvalue weighted by Gasteiger charge is 2.26. The third kappa shape index (κ3) is 3.87. The Bertz CT molecular complexity index is 431. The van der Waals surface area contributed by atoms with Crippen molar-refractivity contribution >= 4 is 11.6 Å². The summed E-state index contributed by atoms with van der Waals surface area (Å²) >= 11 is 0. The van der Waals surface area contributed by atoms with Crippen LogP contribution < -0.4 is 10.5 Å². The highest BCUT2D eigenvalue weighted by Crippen LogP contribution is 2.20. The van der Waals surface area contributed by atoms with Crippen LogP contribution in [0, 0.1) is 0 Å². The van der Waals surface area contributed by atoms with E-state index in [2.05, 4.69) is 0 Å². The Morgan fingerprint density at radius 1 is 1.35 bits per heavy atom. The van der Waals surface area contributed by atoms with E-state index in [1.165, 1.54) is 0 Å². The number of aliphatic hydroxyl groups is 1. The number of ether oxygens (including phenoxy) is 1. The molecular formula is C15H22N2O3. The number of nitrogens with zero attached hydrogens (tertiary/aromatic N) is 1. The molecule has 1 aliphatic rings. The third-order valence-corrected chi connectivity index (χ3v) is 3.65. The number of benzene rings is 1. The maximum absolute atomic E-state index is 12.2. The van der Waals surface area contributed by atoms with E-state index in [1.807, 2.05) is 4.90 Å². The number of amides is 1. The maximum Gasteiger partial charge on any atom is 0.260 e. The minimum absolute atomic E-state index is 0.0139. The number of nitrogen functional groups attached to an aromatic ring is 1. The molecule has 1 unspecified atom stereocenters. The van der Waals surface area contributed by atoms with Crippen LogP contribution in [-0.4, -0.2) is 41.7 Å². The van der Waals surface area contributed by atoms with E-state index in [-0.39, 0.29) is 25.2 Å². The quantitative estimate of drug-likeness (QED) is 0.799. The Balaban J connectivity index is 1.88. The van der Waals surface area contributed by atoms with Crippen molar-refractivity contribution in [3.63, 3.8) is 0 Å². The van der Waals surface area contributed by atoms with E-state index in [9.17, 15) is 4.79 Å². The molecule has 0 radical (unpaired) electrons. The molecule has 1 heterocycles. The molecule has 0 spiro atoms. The first kappa shape index (κ1) is 14.7. The van der Waals surface area contributed by atoms with Crippen LogP contribution in [0.1, 0.15) is 25.7 Å². The van der Waals surface area contributed by atoms with Crippen LogP contribution in [0.4, 0.5) is 5.69 Å². The first-order chi connectivity index (χ1) is 9.70. The van der Waals surface area contributed by atoms with Crippen LogP contribution in [0.25, 0.3) is 0 Å². The zero-order valence-electron chi connectivity index (χ0n) is 11.6. The van der Waals surface area contributed by atoms with Gasteiger partial charge in [0.15, 0.2) is 6.61 Å². The monoisotopic (exact) mass is 278 g/mol. The predicted octanol–water partition coefficient (Wildman–Crippen LogP) is 1.41. The zero-order chi connectivity index (χ0) is 14.4. The topological polar surface area (TPSA) is 75.8 Å². The Kier molecular flexibility index (Phi) is 5.24. The molecule has 1 aliphatic heterocycles. The number of aliphatic hydroxyl groups excluding tert-OH is 1.